The highest BCUT2D eigenvalue weighted by atomic mass is 35.5. The molecular weight excluding hydrogens is 398 g/mol. The predicted molar refractivity (Wildman–Crippen MR) is 121 cm³/mol. The van der Waals surface area contributed by atoms with Gasteiger partial charge in [0.15, 0.2) is 0 Å². The molecular formula is C27H27ClF2. The van der Waals surface area contributed by atoms with E-state index in [4.69, 9.17) is 11.6 Å². The maximum absolute atomic E-state index is 14.6. The molecule has 4 rings (SSSR count). The molecule has 0 spiro atoms. The van der Waals surface area contributed by atoms with Gasteiger partial charge in [0.2, 0.25) is 0 Å². The highest BCUT2D eigenvalue weighted by Gasteiger charge is 2.22. The highest BCUT2D eigenvalue weighted by Crippen LogP contribution is 2.37. The molecule has 0 amide bonds. The Labute approximate surface area is 182 Å². The van der Waals surface area contributed by atoms with E-state index in [0.29, 0.717) is 23.0 Å². The van der Waals surface area contributed by atoms with E-state index >= 15 is 0 Å². The minimum absolute atomic E-state index is 0.0490. The lowest BCUT2D eigenvalue weighted by atomic mass is 9.77. The fraction of sp³-hybridized carbons (Fsp3) is 0.333. The molecule has 0 unspecified atom stereocenters. The Hall–Kier alpha value is -2.19. The van der Waals surface area contributed by atoms with Gasteiger partial charge >= 0.3 is 0 Å². The largest absolute Gasteiger partial charge is 0.206 e. The molecule has 0 saturated heterocycles. The second-order valence-electron chi connectivity index (χ2n) is 8.61. The van der Waals surface area contributed by atoms with Crippen molar-refractivity contribution >= 4 is 11.6 Å². The third kappa shape index (κ3) is 4.92. The Bertz CT molecular complexity index is 1000. The first-order valence-electron chi connectivity index (χ1n) is 10.8. The van der Waals surface area contributed by atoms with E-state index in [9.17, 15) is 8.78 Å². The highest BCUT2D eigenvalue weighted by molar-refractivity contribution is 6.30. The van der Waals surface area contributed by atoms with Crippen molar-refractivity contribution in [2.75, 3.05) is 0 Å². The zero-order valence-corrected chi connectivity index (χ0v) is 18.1. The van der Waals surface area contributed by atoms with Crippen LogP contribution in [0.2, 0.25) is 5.02 Å². The molecule has 0 nitrogen and oxygen atoms in total. The van der Waals surface area contributed by atoms with E-state index in [2.05, 4.69) is 31.2 Å². The summed E-state index contributed by atoms with van der Waals surface area (Å²) in [6.45, 7) is 2.13. The Morgan fingerprint density at radius 3 is 2.23 bits per heavy atom. The van der Waals surface area contributed by atoms with Crippen molar-refractivity contribution in [1.29, 1.82) is 0 Å². The molecule has 1 fully saturated rings. The van der Waals surface area contributed by atoms with Gasteiger partial charge in [-0.3, -0.25) is 0 Å². The monoisotopic (exact) mass is 424 g/mol. The van der Waals surface area contributed by atoms with Crippen molar-refractivity contribution in [2.24, 2.45) is 5.92 Å². The number of hydrogen-bond donors (Lipinski definition) is 0. The van der Waals surface area contributed by atoms with Crippen molar-refractivity contribution < 1.29 is 8.78 Å². The van der Waals surface area contributed by atoms with Crippen LogP contribution in [-0.4, -0.2) is 0 Å². The van der Waals surface area contributed by atoms with E-state index in [-0.39, 0.29) is 10.8 Å². The second-order valence-corrected chi connectivity index (χ2v) is 9.02. The van der Waals surface area contributed by atoms with Crippen LogP contribution in [0.4, 0.5) is 8.78 Å². The lowest BCUT2D eigenvalue weighted by Crippen LogP contribution is -2.14. The molecule has 0 aromatic heterocycles. The summed E-state index contributed by atoms with van der Waals surface area (Å²) in [5.41, 5.74) is 4.71. The molecule has 0 aliphatic heterocycles. The molecule has 0 heterocycles. The zero-order valence-electron chi connectivity index (χ0n) is 17.3. The van der Waals surface area contributed by atoms with E-state index in [1.807, 2.05) is 6.07 Å². The molecule has 1 aliphatic carbocycles. The first kappa shape index (κ1) is 21.1. The summed E-state index contributed by atoms with van der Waals surface area (Å²) < 4.78 is 28.3. The summed E-state index contributed by atoms with van der Waals surface area (Å²) in [5.74, 6) is 0.550. The third-order valence-corrected chi connectivity index (χ3v) is 6.81. The Morgan fingerprint density at radius 1 is 0.833 bits per heavy atom. The maximum Gasteiger partial charge on any atom is 0.142 e. The van der Waals surface area contributed by atoms with Crippen molar-refractivity contribution in [2.45, 2.75) is 51.4 Å². The number of benzene rings is 3. The summed E-state index contributed by atoms with van der Waals surface area (Å²) in [4.78, 5) is 0. The van der Waals surface area contributed by atoms with E-state index < -0.39 is 5.82 Å². The molecule has 30 heavy (non-hydrogen) atoms. The molecule has 3 aromatic carbocycles. The van der Waals surface area contributed by atoms with Crippen LogP contribution in [0.5, 0.6) is 0 Å². The van der Waals surface area contributed by atoms with E-state index in [1.165, 1.54) is 48.9 Å². The SMILES string of the molecule is Cc1ccc([C@H]2CC[C@H](CCc3ccc(-c4ccc(Cl)c(F)c4)c(F)c3)CC2)cc1. The zero-order chi connectivity index (χ0) is 21.1. The van der Waals surface area contributed by atoms with Crippen LogP contribution in [0, 0.1) is 24.5 Å². The van der Waals surface area contributed by atoms with Gasteiger partial charge in [0.25, 0.3) is 0 Å². The van der Waals surface area contributed by atoms with Crippen molar-refractivity contribution in [1.82, 2.24) is 0 Å². The average molecular weight is 425 g/mol. The number of halogens is 3. The van der Waals surface area contributed by atoms with Gasteiger partial charge in [-0.25, -0.2) is 8.78 Å². The van der Waals surface area contributed by atoms with Crippen molar-refractivity contribution in [3.05, 3.63) is 94.0 Å². The summed E-state index contributed by atoms with van der Waals surface area (Å²) in [5, 5.41) is 0.0490. The Kier molecular flexibility index (Phi) is 6.53. The molecule has 0 radical (unpaired) electrons. The van der Waals surface area contributed by atoms with Gasteiger partial charge < -0.3 is 0 Å². The molecule has 3 aromatic rings. The lowest BCUT2D eigenvalue weighted by molar-refractivity contribution is 0.310. The maximum atomic E-state index is 14.6. The molecule has 0 N–H and O–H groups in total. The normalized spacial score (nSPS) is 19.1. The quantitative estimate of drug-likeness (QED) is 0.385. The van der Waals surface area contributed by atoms with Crippen LogP contribution in [0.15, 0.2) is 60.7 Å². The smallest absolute Gasteiger partial charge is 0.142 e. The van der Waals surface area contributed by atoms with Gasteiger partial charge in [-0.05, 0) is 92.2 Å². The van der Waals surface area contributed by atoms with Crippen molar-refractivity contribution in [3.8, 4) is 11.1 Å². The molecule has 156 valence electrons. The number of hydrogen-bond acceptors (Lipinski definition) is 0. The van der Waals surface area contributed by atoms with Gasteiger partial charge in [0.1, 0.15) is 11.6 Å². The number of rotatable bonds is 5. The number of aryl methyl sites for hydroxylation is 2. The Balaban J connectivity index is 1.33. The summed E-state index contributed by atoms with van der Waals surface area (Å²) in [7, 11) is 0. The fourth-order valence-electron chi connectivity index (χ4n) is 4.61. The molecule has 1 aliphatic rings. The molecule has 0 atom stereocenters. The standard InChI is InChI=1S/C27H27ClF2/c1-18-2-9-21(10-3-18)22-11-6-19(7-12-22)4-5-20-8-14-24(26(29)16-20)23-13-15-25(28)27(30)17-23/h2-3,8-10,13-17,19,22H,4-7,11-12H2,1H3/t19-,22-. The van der Waals surface area contributed by atoms with E-state index in [0.717, 1.165) is 18.4 Å². The second kappa shape index (κ2) is 9.31. The fourth-order valence-corrected chi connectivity index (χ4v) is 4.72. The minimum atomic E-state index is -0.529. The first-order chi connectivity index (χ1) is 14.5. The molecule has 1 saturated carbocycles. The lowest BCUT2D eigenvalue weighted by Gasteiger charge is -2.29. The van der Waals surface area contributed by atoms with Gasteiger partial charge in [-0.1, -0.05) is 59.6 Å². The van der Waals surface area contributed by atoms with Crippen LogP contribution in [-0.2, 0) is 6.42 Å². The summed E-state index contributed by atoms with van der Waals surface area (Å²) in [6.07, 6.45) is 6.93. The summed E-state index contributed by atoms with van der Waals surface area (Å²) >= 11 is 5.73. The van der Waals surface area contributed by atoms with Gasteiger partial charge in [-0.2, -0.15) is 0 Å². The van der Waals surface area contributed by atoms with Gasteiger partial charge in [0, 0.05) is 5.56 Å². The Morgan fingerprint density at radius 2 is 1.57 bits per heavy atom. The van der Waals surface area contributed by atoms with Crippen LogP contribution < -0.4 is 0 Å². The minimum Gasteiger partial charge on any atom is -0.206 e. The van der Waals surface area contributed by atoms with Crippen LogP contribution in [0.1, 0.15) is 54.7 Å². The van der Waals surface area contributed by atoms with Gasteiger partial charge in [-0.15, -0.1) is 0 Å². The van der Waals surface area contributed by atoms with Crippen LogP contribution >= 0.6 is 11.6 Å². The molecule has 0 bridgehead atoms. The molecule has 3 heteroatoms. The van der Waals surface area contributed by atoms with E-state index in [1.54, 1.807) is 18.2 Å². The third-order valence-electron chi connectivity index (χ3n) is 6.50. The van der Waals surface area contributed by atoms with Crippen LogP contribution in [0.25, 0.3) is 11.1 Å². The summed E-state index contributed by atoms with van der Waals surface area (Å²) in [6, 6.07) is 18.7. The predicted octanol–water partition coefficient (Wildman–Crippen LogP) is 8.50. The topological polar surface area (TPSA) is 0 Å². The van der Waals surface area contributed by atoms with Crippen LogP contribution in [0.3, 0.4) is 0 Å². The van der Waals surface area contributed by atoms with Gasteiger partial charge in [0.05, 0.1) is 5.02 Å². The average Bonchev–Trinajstić information content (AvgIpc) is 2.75. The van der Waals surface area contributed by atoms with Crippen molar-refractivity contribution in [3.63, 3.8) is 0 Å². The first-order valence-corrected chi connectivity index (χ1v) is 11.2.